The number of hydrogen-bond donors (Lipinski definition) is 2. The maximum atomic E-state index is 12.8. The van der Waals surface area contributed by atoms with Crippen molar-refractivity contribution in [3.05, 3.63) is 35.6 Å². The average molecular weight is 315 g/mol. The molecule has 2 N–H and O–H groups in total. The van der Waals surface area contributed by atoms with Crippen LogP contribution in [-0.4, -0.2) is 26.0 Å². The summed E-state index contributed by atoms with van der Waals surface area (Å²) < 4.78 is 39.2. The highest BCUT2D eigenvalue weighted by Gasteiger charge is 2.41. The van der Waals surface area contributed by atoms with Crippen molar-refractivity contribution in [2.24, 2.45) is 5.41 Å². The van der Waals surface area contributed by atoms with Crippen LogP contribution in [0.1, 0.15) is 31.2 Å². The highest BCUT2D eigenvalue weighted by Crippen LogP contribution is 2.37. The smallest absolute Gasteiger partial charge is 0.310 e. The summed E-state index contributed by atoms with van der Waals surface area (Å²) in [5.41, 5.74) is -0.532. The Balaban J connectivity index is 2.01. The van der Waals surface area contributed by atoms with E-state index in [1.807, 2.05) is 0 Å². The maximum absolute atomic E-state index is 12.8. The molecule has 1 aromatic rings. The molecule has 0 aromatic heterocycles. The molecule has 1 saturated carbocycles. The molecule has 21 heavy (non-hydrogen) atoms. The maximum Gasteiger partial charge on any atom is 0.310 e. The SMILES string of the molecule is O=C(O)C1(CNS(=O)(=O)Cc2ccc(F)cc2)CCCC1. The molecular formula is C14H18FNO4S. The number of carboxylic acid groups (broad SMARTS) is 1. The highest BCUT2D eigenvalue weighted by molar-refractivity contribution is 7.88. The molecule has 0 atom stereocenters. The van der Waals surface area contributed by atoms with Crippen LogP contribution in [0.15, 0.2) is 24.3 Å². The Morgan fingerprint density at radius 1 is 1.24 bits per heavy atom. The van der Waals surface area contributed by atoms with Crippen molar-refractivity contribution >= 4 is 16.0 Å². The monoisotopic (exact) mass is 315 g/mol. The molecule has 0 bridgehead atoms. The topological polar surface area (TPSA) is 83.5 Å². The molecule has 0 heterocycles. The fourth-order valence-corrected chi connectivity index (χ4v) is 3.85. The van der Waals surface area contributed by atoms with E-state index in [0.29, 0.717) is 18.4 Å². The minimum atomic E-state index is -3.64. The molecule has 1 aromatic carbocycles. The predicted octanol–water partition coefficient (Wildman–Crippen LogP) is 1.89. The van der Waals surface area contributed by atoms with Gasteiger partial charge in [-0.15, -0.1) is 0 Å². The molecule has 0 aliphatic heterocycles. The first-order valence-corrected chi connectivity index (χ1v) is 8.43. The first-order valence-electron chi connectivity index (χ1n) is 6.78. The fourth-order valence-electron chi connectivity index (χ4n) is 2.62. The Morgan fingerprint density at radius 3 is 2.33 bits per heavy atom. The van der Waals surface area contributed by atoms with Crippen molar-refractivity contribution in [2.45, 2.75) is 31.4 Å². The first-order chi connectivity index (χ1) is 9.83. The normalized spacial score (nSPS) is 17.8. The number of sulfonamides is 1. The molecule has 0 amide bonds. The largest absolute Gasteiger partial charge is 0.481 e. The van der Waals surface area contributed by atoms with Gasteiger partial charge in [0.1, 0.15) is 5.82 Å². The molecular weight excluding hydrogens is 297 g/mol. The van der Waals surface area contributed by atoms with Gasteiger partial charge < -0.3 is 5.11 Å². The van der Waals surface area contributed by atoms with Gasteiger partial charge in [0.2, 0.25) is 10.0 Å². The van der Waals surface area contributed by atoms with Crippen LogP contribution >= 0.6 is 0 Å². The summed E-state index contributed by atoms with van der Waals surface area (Å²) in [6.45, 7) is -0.0914. The van der Waals surface area contributed by atoms with Crippen LogP contribution in [-0.2, 0) is 20.6 Å². The summed E-state index contributed by atoms with van der Waals surface area (Å²) in [4.78, 5) is 11.4. The Labute approximate surface area is 123 Å². The van der Waals surface area contributed by atoms with Gasteiger partial charge in [-0.05, 0) is 30.5 Å². The third kappa shape index (κ3) is 4.01. The van der Waals surface area contributed by atoms with Gasteiger partial charge in [0, 0.05) is 6.54 Å². The number of benzene rings is 1. The number of carboxylic acids is 1. The molecule has 0 radical (unpaired) electrons. The molecule has 5 nitrogen and oxygen atoms in total. The minimum absolute atomic E-state index is 0.0914. The third-order valence-corrected chi connectivity index (χ3v) is 5.21. The number of rotatable bonds is 6. The van der Waals surface area contributed by atoms with E-state index >= 15 is 0 Å². The van der Waals surface area contributed by atoms with E-state index in [-0.39, 0.29) is 12.3 Å². The van der Waals surface area contributed by atoms with Gasteiger partial charge in [0.05, 0.1) is 11.2 Å². The summed E-state index contributed by atoms with van der Waals surface area (Å²) in [6.07, 6.45) is 2.57. The van der Waals surface area contributed by atoms with E-state index in [4.69, 9.17) is 0 Å². The van der Waals surface area contributed by atoms with E-state index in [9.17, 15) is 22.7 Å². The van der Waals surface area contributed by atoms with E-state index in [2.05, 4.69) is 4.72 Å². The quantitative estimate of drug-likeness (QED) is 0.839. The lowest BCUT2D eigenvalue weighted by molar-refractivity contribution is -0.148. The van der Waals surface area contributed by atoms with Crippen molar-refractivity contribution in [3.63, 3.8) is 0 Å². The van der Waals surface area contributed by atoms with Gasteiger partial charge >= 0.3 is 5.97 Å². The van der Waals surface area contributed by atoms with Gasteiger partial charge in [-0.3, -0.25) is 4.79 Å². The summed E-state index contributed by atoms with van der Waals surface area (Å²) in [6, 6.07) is 5.19. The lowest BCUT2D eigenvalue weighted by Gasteiger charge is -2.23. The lowest BCUT2D eigenvalue weighted by atomic mass is 9.87. The van der Waals surface area contributed by atoms with Crippen LogP contribution in [0.25, 0.3) is 0 Å². The second-order valence-electron chi connectivity index (χ2n) is 5.50. The van der Waals surface area contributed by atoms with Gasteiger partial charge in [-0.1, -0.05) is 25.0 Å². The molecule has 0 saturated heterocycles. The predicted molar refractivity (Wildman–Crippen MR) is 75.6 cm³/mol. The Kier molecular flexibility index (Phi) is 4.63. The fraction of sp³-hybridized carbons (Fsp3) is 0.500. The zero-order valence-electron chi connectivity index (χ0n) is 11.5. The van der Waals surface area contributed by atoms with Crippen molar-refractivity contribution in [3.8, 4) is 0 Å². The summed E-state index contributed by atoms with van der Waals surface area (Å²) in [5.74, 6) is -1.67. The molecule has 2 rings (SSSR count). The van der Waals surface area contributed by atoms with Crippen LogP contribution in [0, 0.1) is 11.2 Å². The van der Waals surface area contributed by atoms with Crippen molar-refractivity contribution < 1.29 is 22.7 Å². The Bertz CT molecular complexity index is 606. The summed E-state index contributed by atoms with van der Waals surface area (Å²) in [7, 11) is -3.64. The van der Waals surface area contributed by atoms with Crippen LogP contribution in [0.2, 0.25) is 0 Å². The van der Waals surface area contributed by atoms with E-state index in [1.54, 1.807) is 0 Å². The molecule has 7 heteroatoms. The molecule has 1 fully saturated rings. The molecule has 0 unspecified atom stereocenters. The number of hydrogen-bond acceptors (Lipinski definition) is 3. The van der Waals surface area contributed by atoms with Crippen molar-refractivity contribution in [1.82, 2.24) is 4.72 Å². The second kappa shape index (κ2) is 6.11. The summed E-state index contributed by atoms with van der Waals surface area (Å²) in [5, 5.41) is 9.30. The minimum Gasteiger partial charge on any atom is -0.481 e. The highest BCUT2D eigenvalue weighted by atomic mass is 32.2. The van der Waals surface area contributed by atoms with E-state index in [1.165, 1.54) is 24.3 Å². The van der Waals surface area contributed by atoms with E-state index < -0.39 is 27.2 Å². The first kappa shape index (κ1) is 15.9. The van der Waals surface area contributed by atoms with Gasteiger partial charge in [-0.2, -0.15) is 0 Å². The zero-order valence-corrected chi connectivity index (χ0v) is 12.3. The van der Waals surface area contributed by atoms with Gasteiger partial charge in [0.15, 0.2) is 0 Å². The lowest BCUT2D eigenvalue weighted by Crippen LogP contribution is -2.41. The number of aliphatic carboxylic acids is 1. The number of halogens is 1. The number of carbonyl (C=O) groups is 1. The van der Waals surface area contributed by atoms with Crippen molar-refractivity contribution in [2.75, 3.05) is 6.54 Å². The van der Waals surface area contributed by atoms with Gasteiger partial charge in [0.25, 0.3) is 0 Å². The van der Waals surface area contributed by atoms with Crippen LogP contribution in [0.5, 0.6) is 0 Å². The Morgan fingerprint density at radius 2 is 1.81 bits per heavy atom. The average Bonchev–Trinajstić information content (AvgIpc) is 2.89. The zero-order chi connectivity index (χ0) is 15.5. The van der Waals surface area contributed by atoms with Gasteiger partial charge in [-0.25, -0.2) is 17.5 Å². The van der Waals surface area contributed by atoms with Crippen LogP contribution < -0.4 is 4.72 Å². The number of nitrogens with one attached hydrogen (secondary N) is 1. The Hall–Kier alpha value is -1.47. The van der Waals surface area contributed by atoms with Crippen LogP contribution in [0.4, 0.5) is 4.39 Å². The molecule has 116 valence electrons. The molecule has 0 spiro atoms. The van der Waals surface area contributed by atoms with Crippen LogP contribution in [0.3, 0.4) is 0 Å². The van der Waals surface area contributed by atoms with E-state index in [0.717, 1.165) is 12.8 Å². The molecule has 1 aliphatic rings. The third-order valence-electron chi connectivity index (χ3n) is 3.91. The van der Waals surface area contributed by atoms with Crippen molar-refractivity contribution in [1.29, 1.82) is 0 Å². The standard InChI is InChI=1S/C14H18FNO4S/c15-12-5-3-11(4-6-12)9-21(19,20)16-10-14(13(17)18)7-1-2-8-14/h3-6,16H,1-2,7-10H2,(H,17,18). The molecule has 1 aliphatic carbocycles. The second-order valence-corrected chi connectivity index (χ2v) is 7.31. The summed E-state index contributed by atoms with van der Waals surface area (Å²) >= 11 is 0.